The molecule has 0 radical (unpaired) electrons. The molecule has 178 valence electrons. The number of nitrogens with one attached hydrogen (secondary N) is 1. The number of hydrogen-bond acceptors (Lipinski definition) is 7. The van der Waals surface area contributed by atoms with Crippen molar-refractivity contribution in [2.75, 3.05) is 59.4 Å². The smallest absolute Gasteiger partial charge is 0.338 e. The summed E-state index contributed by atoms with van der Waals surface area (Å²) < 4.78 is 28.8. The normalized spacial score (nSPS) is 14.9. The summed E-state index contributed by atoms with van der Waals surface area (Å²) in [5.41, 5.74) is 1.72. The molecule has 0 spiro atoms. The van der Waals surface area contributed by atoms with Crippen molar-refractivity contribution < 1.29 is 28.2 Å². The van der Waals surface area contributed by atoms with Crippen molar-refractivity contribution in [3.05, 3.63) is 53.3 Å². The first-order valence-electron chi connectivity index (χ1n) is 10.8. The van der Waals surface area contributed by atoms with Crippen LogP contribution in [0, 0.1) is 5.82 Å². The van der Waals surface area contributed by atoms with Gasteiger partial charge in [-0.25, -0.2) is 9.18 Å². The van der Waals surface area contributed by atoms with Crippen LogP contribution >= 0.6 is 0 Å². The van der Waals surface area contributed by atoms with Gasteiger partial charge in [-0.05, 0) is 49.8 Å². The van der Waals surface area contributed by atoms with Gasteiger partial charge in [0.2, 0.25) is 5.91 Å². The van der Waals surface area contributed by atoms with Crippen molar-refractivity contribution >= 4 is 17.6 Å². The summed E-state index contributed by atoms with van der Waals surface area (Å²) in [7, 11) is 4.44. The predicted molar refractivity (Wildman–Crippen MR) is 122 cm³/mol. The first-order chi connectivity index (χ1) is 15.9. The number of rotatable bonds is 8. The molecule has 9 heteroatoms. The quantitative estimate of drug-likeness (QED) is 0.608. The van der Waals surface area contributed by atoms with E-state index in [2.05, 4.69) is 15.1 Å². The zero-order valence-corrected chi connectivity index (χ0v) is 19.2. The highest BCUT2D eigenvalue weighted by Gasteiger charge is 2.23. The fourth-order valence-corrected chi connectivity index (χ4v) is 3.88. The molecule has 1 aliphatic rings. The van der Waals surface area contributed by atoms with E-state index in [4.69, 9.17) is 14.2 Å². The van der Waals surface area contributed by atoms with Gasteiger partial charge >= 0.3 is 5.97 Å². The predicted octanol–water partition coefficient (Wildman–Crippen LogP) is 2.78. The molecule has 0 aliphatic carbocycles. The summed E-state index contributed by atoms with van der Waals surface area (Å²) in [6, 6.07) is 9.13. The summed E-state index contributed by atoms with van der Waals surface area (Å²) in [5, 5.41) is 2.80. The van der Waals surface area contributed by atoms with Crippen LogP contribution in [-0.2, 0) is 16.1 Å². The van der Waals surface area contributed by atoms with Gasteiger partial charge in [-0.15, -0.1) is 0 Å². The third-order valence-electron chi connectivity index (χ3n) is 5.60. The Labute approximate surface area is 193 Å². The van der Waals surface area contributed by atoms with Crippen LogP contribution in [0.25, 0.3) is 0 Å². The Kier molecular flexibility index (Phi) is 8.62. The van der Waals surface area contributed by atoms with E-state index in [-0.39, 0.29) is 18.3 Å². The molecule has 1 N–H and O–H groups in total. The maximum Gasteiger partial charge on any atom is 0.338 e. The van der Waals surface area contributed by atoms with Gasteiger partial charge in [-0.3, -0.25) is 14.6 Å². The zero-order valence-electron chi connectivity index (χ0n) is 19.2. The molecule has 1 amide bonds. The van der Waals surface area contributed by atoms with Crippen LogP contribution < -0.4 is 14.8 Å². The molecular formula is C24H30FN3O5. The summed E-state index contributed by atoms with van der Waals surface area (Å²) in [5.74, 6) is 0.153. The Bertz CT molecular complexity index is 967. The Morgan fingerprint density at radius 1 is 0.970 bits per heavy atom. The molecule has 0 aromatic heterocycles. The van der Waals surface area contributed by atoms with Crippen molar-refractivity contribution in [3.8, 4) is 11.5 Å². The molecule has 1 heterocycles. The number of hydrogen-bond donors (Lipinski definition) is 1. The maximum atomic E-state index is 13.0. The largest absolute Gasteiger partial charge is 0.497 e. The highest BCUT2D eigenvalue weighted by molar-refractivity contribution is 5.93. The van der Waals surface area contributed by atoms with Crippen LogP contribution in [0.15, 0.2) is 36.4 Å². The van der Waals surface area contributed by atoms with E-state index in [0.29, 0.717) is 35.8 Å². The second-order valence-corrected chi connectivity index (χ2v) is 7.81. The van der Waals surface area contributed by atoms with E-state index in [9.17, 15) is 14.0 Å². The van der Waals surface area contributed by atoms with Gasteiger partial charge in [0.1, 0.15) is 17.3 Å². The number of halogens is 1. The van der Waals surface area contributed by atoms with Crippen molar-refractivity contribution in [2.24, 2.45) is 0 Å². The summed E-state index contributed by atoms with van der Waals surface area (Å²) in [6.45, 7) is 3.77. The number of carbonyl (C=O) groups excluding carboxylic acids is 2. The average Bonchev–Trinajstić information content (AvgIpc) is 3.04. The SMILES string of the molecule is COC(=O)c1cc(OC)cc(OC)c1CN1CCCN(CC(=O)Nc2ccc(F)cc2)CC1. The fraction of sp³-hybridized carbons (Fsp3) is 0.417. The van der Waals surface area contributed by atoms with Crippen LogP contribution in [0.4, 0.5) is 10.1 Å². The van der Waals surface area contributed by atoms with Crippen molar-refractivity contribution in [1.82, 2.24) is 9.80 Å². The van der Waals surface area contributed by atoms with Gasteiger partial charge in [0, 0.05) is 37.0 Å². The molecule has 33 heavy (non-hydrogen) atoms. The van der Waals surface area contributed by atoms with Crippen LogP contribution in [0.1, 0.15) is 22.3 Å². The van der Waals surface area contributed by atoms with E-state index < -0.39 is 5.97 Å². The second-order valence-electron chi connectivity index (χ2n) is 7.81. The van der Waals surface area contributed by atoms with Gasteiger partial charge in [0.15, 0.2) is 0 Å². The second kappa shape index (κ2) is 11.6. The highest BCUT2D eigenvalue weighted by atomic mass is 19.1. The van der Waals surface area contributed by atoms with E-state index in [1.165, 1.54) is 26.4 Å². The van der Waals surface area contributed by atoms with E-state index in [1.54, 1.807) is 31.4 Å². The Balaban J connectivity index is 1.63. The molecule has 1 saturated heterocycles. The lowest BCUT2D eigenvalue weighted by atomic mass is 10.0. The molecule has 1 aliphatic heterocycles. The number of nitrogens with zero attached hydrogens (tertiary/aromatic N) is 2. The molecule has 0 bridgehead atoms. The number of esters is 1. The lowest BCUT2D eigenvalue weighted by Gasteiger charge is -2.24. The molecule has 0 atom stereocenters. The summed E-state index contributed by atoms with van der Waals surface area (Å²) in [4.78, 5) is 29.1. The van der Waals surface area contributed by atoms with Crippen molar-refractivity contribution in [3.63, 3.8) is 0 Å². The highest BCUT2D eigenvalue weighted by Crippen LogP contribution is 2.31. The van der Waals surface area contributed by atoms with Gasteiger partial charge in [-0.2, -0.15) is 0 Å². The van der Waals surface area contributed by atoms with Crippen LogP contribution in [-0.4, -0.2) is 75.7 Å². The lowest BCUT2D eigenvalue weighted by molar-refractivity contribution is -0.117. The topological polar surface area (TPSA) is 80.3 Å². The molecule has 2 aromatic carbocycles. The first-order valence-corrected chi connectivity index (χ1v) is 10.8. The third-order valence-corrected chi connectivity index (χ3v) is 5.60. The number of carbonyl (C=O) groups is 2. The van der Waals surface area contributed by atoms with Crippen molar-refractivity contribution in [1.29, 1.82) is 0 Å². The zero-order chi connectivity index (χ0) is 23.8. The Morgan fingerprint density at radius 2 is 1.67 bits per heavy atom. The fourth-order valence-electron chi connectivity index (χ4n) is 3.88. The summed E-state index contributed by atoms with van der Waals surface area (Å²) in [6.07, 6.45) is 0.871. The van der Waals surface area contributed by atoms with E-state index in [0.717, 1.165) is 31.6 Å². The molecule has 3 rings (SSSR count). The third kappa shape index (κ3) is 6.66. The van der Waals surface area contributed by atoms with Crippen LogP contribution in [0.3, 0.4) is 0 Å². The van der Waals surface area contributed by atoms with E-state index >= 15 is 0 Å². The standard InChI is InChI=1S/C24H30FN3O5/c1-31-19-13-20(24(30)33-3)21(22(14-19)32-2)15-27-9-4-10-28(12-11-27)16-23(29)26-18-7-5-17(25)6-8-18/h5-8,13-14H,4,9-12,15-16H2,1-3H3,(H,26,29). The summed E-state index contributed by atoms with van der Waals surface area (Å²) >= 11 is 0. The van der Waals surface area contributed by atoms with E-state index in [1.807, 2.05) is 0 Å². The lowest BCUT2D eigenvalue weighted by Crippen LogP contribution is -2.36. The van der Waals surface area contributed by atoms with Crippen LogP contribution in [0.5, 0.6) is 11.5 Å². The van der Waals surface area contributed by atoms with Crippen molar-refractivity contribution in [2.45, 2.75) is 13.0 Å². The monoisotopic (exact) mass is 459 g/mol. The van der Waals surface area contributed by atoms with Gasteiger partial charge in [0.25, 0.3) is 0 Å². The molecule has 2 aromatic rings. The first kappa shape index (κ1) is 24.5. The van der Waals surface area contributed by atoms with Gasteiger partial charge in [0.05, 0.1) is 33.4 Å². The number of ether oxygens (including phenoxy) is 3. The molecule has 0 saturated carbocycles. The van der Waals surface area contributed by atoms with Gasteiger partial charge in [-0.1, -0.05) is 0 Å². The number of methoxy groups -OCH3 is 3. The Morgan fingerprint density at radius 3 is 2.33 bits per heavy atom. The minimum Gasteiger partial charge on any atom is -0.497 e. The van der Waals surface area contributed by atoms with Gasteiger partial charge < -0.3 is 19.5 Å². The van der Waals surface area contributed by atoms with Crippen LogP contribution in [0.2, 0.25) is 0 Å². The molecule has 1 fully saturated rings. The maximum absolute atomic E-state index is 13.0. The molecular weight excluding hydrogens is 429 g/mol. The number of benzene rings is 2. The Hall–Kier alpha value is -3.17. The number of amides is 1. The minimum atomic E-state index is -0.448. The molecule has 8 nitrogen and oxygen atoms in total. The number of anilines is 1. The molecule has 0 unspecified atom stereocenters. The minimum absolute atomic E-state index is 0.139. The average molecular weight is 460 g/mol.